The Morgan fingerprint density at radius 1 is 1.04 bits per heavy atom. The summed E-state index contributed by atoms with van der Waals surface area (Å²) in [5.41, 5.74) is 0.755. The van der Waals surface area contributed by atoms with Crippen LogP contribution in [-0.4, -0.2) is 11.1 Å². The molecule has 2 amide bonds. The standard InChI is InChI=1S/C17H16N2O2S2/c20-16(14-7-4-10-22-14)15-9-8-13(23-15)11-18-17(21)19-12-5-2-1-3-6-12/h1-10,16,20H,11H2,(H2,18,19,21)/t16-/m0/s1. The third kappa shape index (κ3) is 4.19. The molecule has 0 fully saturated rings. The van der Waals surface area contributed by atoms with Gasteiger partial charge in [-0.05, 0) is 35.7 Å². The van der Waals surface area contributed by atoms with Crippen LogP contribution in [0.4, 0.5) is 10.5 Å². The highest BCUT2D eigenvalue weighted by Crippen LogP contribution is 2.30. The van der Waals surface area contributed by atoms with Gasteiger partial charge in [-0.1, -0.05) is 24.3 Å². The fourth-order valence-electron chi connectivity index (χ4n) is 2.09. The SMILES string of the molecule is O=C(NCc1ccc([C@@H](O)c2cccs2)s1)Nc1ccccc1. The van der Waals surface area contributed by atoms with Crippen LogP contribution in [0.1, 0.15) is 20.7 Å². The van der Waals surface area contributed by atoms with Crippen molar-refractivity contribution in [2.75, 3.05) is 5.32 Å². The number of carbonyl (C=O) groups is 1. The molecule has 0 unspecified atom stereocenters. The number of para-hydroxylation sites is 1. The summed E-state index contributed by atoms with van der Waals surface area (Å²) in [5, 5.41) is 17.8. The maximum Gasteiger partial charge on any atom is 0.319 e. The second-order valence-corrected chi connectivity index (χ2v) is 7.07. The van der Waals surface area contributed by atoms with Crippen LogP contribution in [0.5, 0.6) is 0 Å². The van der Waals surface area contributed by atoms with Crippen LogP contribution in [0, 0.1) is 0 Å². The zero-order chi connectivity index (χ0) is 16.1. The molecule has 0 aliphatic rings. The van der Waals surface area contributed by atoms with E-state index in [2.05, 4.69) is 10.6 Å². The van der Waals surface area contributed by atoms with E-state index in [0.717, 1.165) is 20.3 Å². The third-order valence-corrected chi connectivity index (χ3v) is 5.28. The molecule has 2 heterocycles. The number of benzene rings is 1. The van der Waals surface area contributed by atoms with E-state index in [1.807, 2.05) is 60.0 Å². The van der Waals surface area contributed by atoms with Gasteiger partial charge in [0.1, 0.15) is 6.10 Å². The minimum atomic E-state index is -0.591. The first-order valence-electron chi connectivity index (χ1n) is 7.12. The lowest BCUT2D eigenvalue weighted by Gasteiger charge is -2.07. The van der Waals surface area contributed by atoms with E-state index >= 15 is 0 Å². The van der Waals surface area contributed by atoms with Crippen molar-refractivity contribution in [3.8, 4) is 0 Å². The summed E-state index contributed by atoms with van der Waals surface area (Å²) < 4.78 is 0. The summed E-state index contributed by atoms with van der Waals surface area (Å²) in [7, 11) is 0. The minimum Gasteiger partial charge on any atom is -0.382 e. The fraction of sp³-hybridized carbons (Fsp3) is 0.118. The van der Waals surface area contributed by atoms with Gasteiger partial charge >= 0.3 is 6.03 Å². The van der Waals surface area contributed by atoms with Crippen molar-refractivity contribution in [1.82, 2.24) is 5.32 Å². The van der Waals surface area contributed by atoms with E-state index in [0.29, 0.717) is 6.54 Å². The van der Waals surface area contributed by atoms with Gasteiger partial charge in [-0.15, -0.1) is 22.7 Å². The Labute approximate surface area is 142 Å². The van der Waals surface area contributed by atoms with Crippen molar-refractivity contribution in [1.29, 1.82) is 0 Å². The summed E-state index contributed by atoms with van der Waals surface area (Å²) in [6.45, 7) is 0.431. The van der Waals surface area contributed by atoms with E-state index < -0.39 is 6.10 Å². The number of urea groups is 1. The van der Waals surface area contributed by atoms with Gasteiger partial charge in [0, 0.05) is 20.3 Å². The maximum absolute atomic E-state index is 11.8. The molecule has 23 heavy (non-hydrogen) atoms. The van der Waals surface area contributed by atoms with E-state index in [9.17, 15) is 9.90 Å². The van der Waals surface area contributed by atoms with Crippen LogP contribution in [0.25, 0.3) is 0 Å². The Kier molecular flexibility index (Phi) is 5.07. The normalized spacial score (nSPS) is 11.9. The Morgan fingerprint density at radius 2 is 1.87 bits per heavy atom. The third-order valence-electron chi connectivity index (χ3n) is 3.22. The molecule has 118 valence electrons. The fourth-order valence-corrected chi connectivity index (χ4v) is 3.85. The molecule has 3 rings (SSSR count). The number of aliphatic hydroxyl groups excluding tert-OH is 1. The van der Waals surface area contributed by atoms with Gasteiger partial charge < -0.3 is 15.7 Å². The Morgan fingerprint density at radius 3 is 2.61 bits per heavy atom. The van der Waals surface area contributed by atoms with E-state index in [-0.39, 0.29) is 6.03 Å². The molecule has 1 aromatic carbocycles. The molecule has 0 saturated carbocycles. The number of hydrogen-bond donors (Lipinski definition) is 3. The van der Waals surface area contributed by atoms with Gasteiger partial charge in [0.05, 0.1) is 6.54 Å². The van der Waals surface area contributed by atoms with Crippen LogP contribution in [0.2, 0.25) is 0 Å². The largest absolute Gasteiger partial charge is 0.382 e. The molecular formula is C17H16N2O2S2. The van der Waals surface area contributed by atoms with Crippen LogP contribution in [0.3, 0.4) is 0 Å². The van der Waals surface area contributed by atoms with Crippen LogP contribution in [0.15, 0.2) is 60.0 Å². The number of rotatable bonds is 5. The minimum absolute atomic E-state index is 0.245. The van der Waals surface area contributed by atoms with Gasteiger partial charge in [-0.2, -0.15) is 0 Å². The molecule has 0 aliphatic carbocycles. The number of anilines is 1. The highest BCUT2D eigenvalue weighted by Gasteiger charge is 2.14. The highest BCUT2D eigenvalue weighted by atomic mass is 32.1. The monoisotopic (exact) mass is 344 g/mol. The molecule has 0 radical (unpaired) electrons. The van der Waals surface area contributed by atoms with Gasteiger partial charge in [-0.25, -0.2) is 4.79 Å². The Hall–Kier alpha value is -2.15. The molecule has 4 nitrogen and oxygen atoms in total. The van der Waals surface area contributed by atoms with Crippen molar-refractivity contribution in [2.45, 2.75) is 12.6 Å². The maximum atomic E-state index is 11.8. The molecule has 1 atom stereocenters. The molecule has 6 heteroatoms. The molecule has 3 N–H and O–H groups in total. The van der Waals surface area contributed by atoms with Crippen LogP contribution in [-0.2, 0) is 6.54 Å². The Bertz CT molecular complexity index is 754. The van der Waals surface area contributed by atoms with Crippen molar-refractivity contribution in [2.24, 2.45) is 0 Å². The Balaban J connectivity index is 1.54. The number of nitrogens with one attached hydrogen (secondary N) is 2. The van der Waals surface area contributed by atoms with Crippen LogP contribution < -0.4 is 10.6 Å². The van der Waals surface area contributed by atoms with Gasteiger partial charge in [-0.3, -0.25) is 0 Å². The highest BCUT2D eigenvalue weighted by molar-refractivity contribution is 7.12. The van der Waals surface area contributed by atoms with Gasteiger partial charge in [0.2, 0.25) is 0 Å². The van der Waals surface area contributed by atoms with E-state index in [4.69, 9.17) is 0 Å². The topological polar surface area (TPSA) is 61.4 Å². The zero-order valence-corrected chi connectivity index (χ0v) is 13.9. The smallest absolute Gasteiger partial charge is 0.319 e. The van der Waals surface area contributed by atoms with E-state index in [1.165, 1.54) is 22.7 Å². The predicted molar refractivity (Wildman–Crippen MR) is 95.0 cm³/mol. The first kappa shape index (κ1) is 15.7. The first-order valence-corrected chi connectivity index (χ1v) is 8.82. The zero-order valence-electron chi connectivity index (χ0n) is 12.2. The average Bonchev–Trinajstić information content (AvgIpc) is 3.25. The van der Waals surface area contributed by atoms with Gasteiger partial charge in [0.15, 0.2) is 0 Å². The lowest BCUT2D eigenvalue weighted by atomic mass is 10.2. The number of thiophene rings is 2. The van der Waals surface area contributed by atoms with Crippen molar-refractivity contribution in [3.05, 3.63) is 74.6 Å². The molecule has 0 bridgehead atoms. The average molecular weight is 344 g/mol. The summed E-state index contributed by atoms with van der Waals surface area (Å²) in [4.78, 5) is 14.7. The number of carbonyl (C=O) groups excluding carboxylic acids is 1. The lowest BCUT2D eigenvalue weighted by Crippen LogP contribution is -2.27. The molecular weight excluding hydrogens is 328 g/mol. The second-order valence-electron chi connectivity index (χ2n) is 4.90. The number of amides is 2. The van der Waals surface area contributed by atoms with Crippen molar-refractivity contribution < 1.29 is 9.90 Å². The van der Waals surface area contributed by atoms with Crippen molar-refractivity contribution >= 4 is 34.4 Å². The quantitative estimate of drug-likeness (QED) is 0.649. The first-order chi connectivity index (χ1) is 11.2. The number of hydrogen-bond acceptors (Lipinski definition) is 4. The second kappa shape index (κ2) is 7.41. The van der Waals surface area contributed by atoms with Gasteiger partial charge in [0.25, 0.3) is 0 Å². The summed E-state index contributed by atoms with van der Waals surface area (Å²) in [6, 6.07) is 16.7. The van der Waals surface area contributed by atoms with Crippen LogP contribution >= 0.6 is 22.7 Å². The lowest BCUT2D eigenvalue weighted by molar-refractivity contribution is 0.228. The summed E-state index contributed by atoms with van der Waals surface area (Å²) in [6.07, 6.45) is -0.591. The molecule has 2 aromatic heterocycles. The molecule has 0 saturated heterocycles. The van der Waals surface area contributed by atoms with E-state index in [1.54, 1.807) is 0 Å². The molecule has 3 aromatic rings. The summed E-state index contributed by atoms with van der Waals surface area (Å²) in [5.74, 6) is 0. The summed E-state index contributed by atoms with van der Waals surface area (Å²) >= 11 is 3.03. The number of aliphatic hydroxyl groups is 1. The molecule has 0 spiro atoms. The molecule has 0 aliphatic heterocycles. The van der Waals surface area contributed by atoms with Crippen molar-refractivity contribution in [3.63, 3.8) is 0 Å². The predicted octanol–water partition coefficient (Wildman–Crippen LogP) is 4.21.